The van der Waals surface area contributed by atoms with Crippen LogP contribution in [0.25, 0.3) is 0 Å². The van der Waals surface area contributed by atoms with Crippen molar-refractivity contribution in [2.45, 2.75) is 32.7 Å². The van der Waals surface area contributed by atoms with Crippen LogP contribution in [0.5, 0.6) is 5.75 Å². The summed E-state index contributed by atoms with van der Waals surface area (Å²) in [5.74, 6) is 0.796. The Hall–Kier alpha value is -1.38. The lowest BCUT2D eigenvalue weighted by Gasteiger charge is -2.26. The van der Waals surface area contributed by atoms with Gasteiger partial charge in [0.1, 0.15) is 5.75 Å². The van der Waals surface area contributed by atoms with Gasteiger partial charge in [0.15, 0.2) is 0 Å². The van der Waals surface area contributed by atoms with Crippen LogP contribution in [0.15, 0.2) is 12.1 Å². The van der Waals surface area contributed by atoms with Crippen LogP contribution in [0.3, 0.4) is 0 Å². The molecule has 0 saturated carbocycles. The van der Waals surface area contributed by atoms with Gasteiger partial charge in [0.2, 0.25) is 0 Å². The minimum Gasteiger partial charge on any atom is -0.495 e. The van der Waals surface area contributed by atoms with E-state index in [0.717, 1.165) is 30.8 Å². The highest BCUT2D eigenvalue weighted by Crippen LogP contribution is 2.36. The van der Waals surface area contributed by atoms with Crippen molar-refractivity contribution in [1.29, 1.82) is 0 Å². The lowest BCUT2D eigenvalue weighted by Crippen LogP contribution is -2.30. The molecule has 1 aromatic carbocycles. The Balaban J connectivity index is 2.37. The van der Waals surface area contributed by atoms with Gasteiger partial charge in [0.05, 0.1) is 12.8 Å². The molecule has 3 nitrogen and oxygen atoms in total. The standard InChI is InChI=1S/C13H20N2O/c1-4-9(2)15-6-5-10-7-13(16-3)11(14)8-12(10)15/h7-9H,4-6,14H2,1-3H3. The van der Waals surface area contributed by atoms with Gasteiger partial charge in [-0.15, -0.1) is 0 Å². The summed E-state index contributed by atoms with van der Waals surface area (Å²) < 4.78 is 5.25. The molecule has 1 atom stereocenters. The van der Waals surface area contributed by atoms with Crippen molar-refractivity contribution in [3.63, 3.8) is 0 Å². The quantitative estimate of drug-likeness (QED) is 0.795. The van der Waals surface area contributed by atoms with Gasteiger partial charge in [-0.2, -0.15) is 0 Å². The number of nitrogens with zero attached hydrogens (tertiary/aromatic N) is 1. The van der Waals surface area contributed by atoms with E-state index in [2.05, 4.69) is 24.8 Å². The number of hydrogen-bond acceptors (Lipinski definition) is 3. The first-order valence-corrected chi connectivity index (χ1v) is 5.90. The van der Waals surface area contributed by atoms with E-state index in [1.165, 1.54) is 11.3 Å². The second-order valence-electron chi connectivity index (χ2n) is 4.42. The van der Waals surface area contributed by atoms with Crippen molar-refractivity contribution in [1.82, 2.24) is 0 Å². The number of nitrogen functional groups attached to an aromatic ring is 1. The molecule has 0 saturated heterocycles. The van der Waals surface area contributed by atoms with Gasteiger partial charge in [-0.25, -0.2) is 0 Å². The number of methoxy groups -OCH3 is 1. The third-order valence-corrected chi connectivity index (χ3v) is 3.49. The summed E-state index contributed by atoms with van der Waals surface area (Å²) in [7, 11) is 1.67. The zero-order chi connectivity index (χ0) is 11.7. The Morgan fingerprint density at radius 1 is 1.50 bits per heavy atom. The topological polar surface area (TPSA) is 38.5 Å². The molecule has 1 unspecified atom stereocenters. The van der Waals surface area contributed by atoms with Gasteiger partial charge in [-0.05, 0) is 37.5 Å². The summed E-state index contributed by atoms with van der Waals surface area (Å²) in [6, 6.07) is 4.70. The van der Waals surface area contributed by atoms with Gasteiger partial charge in [0, 0.05) is 18.3 Å². The monoisotopic (exact) mass is 220 g/mol. The molecule has 0 radical (unpaired) electrons. The number of anilines is 2. The number of benzene rings is 1. The Kier molecular flexibility index (Phi) is 2.95. The lowest BCUT2D eigenvalue weighted by atomic mass is 10.1. The van der Waals surface area contributed by atoms with Crippen molar-refractivity contribution >= 4 is 11.4 Å². The maximum Gasteiger partial charge on any atom is 0.142 e. The summed E-state index contributed by atoms with van der Waals surface area (Å²) in [5.41, 5.74) is 9.33. The van der Waals surface area contributed by atoms with Gasteiger partial charge >= 0.3 is 0 Å². The third kappa shape index (κ3) is 1.70. The normalized spacial score (nSPS) is 16.1. The van der Waals surface area contributed by atoms with E-state index in [4.69, 9.17) is 10.5 Å². The fraction of sp³-hybridized carbons (Fsp3) is 0.538. The predicted molar refractivity (Wildman–Crippen MR) is 68.2 cm³/mol. The summed E-state index contributed by atoms with van der Waals surface area (Å²) in [6.07, 6.45) is 2.25. The maximum atomic E-state index is 5.96. The van der Waals surface area contributed by atoms with Gasteiger partial charge in [-0.1, -0.05) is 6.92 Å². The maximum absolute atomic E-state index is 5.96. The highest BCUT2D eigenvalue weighted by Gasteiger charge is 2.23. The largest absolute Gasteiger partial charge is 0.495 e. The summed E-state index contributed by atoms with van der Waals surface area (Å²) >= 11 is 0. The van der Waals surface area contributed by atoms with Gasteiger partial charge in [-0.3, -0.25) is 0 Å². The molecule has 2 rings (SSSR count). The van der Waals surface area contributed by atoms with Crippen molar-refractivity contribution in [2.75, 3.05) is 24.3 Å². The SMILES string of the molecule is CCC(C)N1CCc2cc(OC)c(N)cc21. The fourth-order valence-electron chi connectivity index (χ4n) is 2.31. The van der Waals surface area contributed by atoms with Crippen LogP contribution in [0.4, 0.5) is 11.4 Å². The first kappa shape index (κ1) is 11.1. The molecule has 0 bridgehead atoms. The number of rotatable bonds is 3. The fourth-order valence-corrected chi connectivity index (χ4v) is 2.31. The van der Waals surface area contributed by atoms with Gasteiger partial charge in [0.25, 0.3) is 0 Å². The van der Waals surface area contributed by atoms with E-state index in [1.54, 1.807) is 7.11 Å². The van der Waals surface area contributed by atoms with E-state index < -0.39 is 0 Å². The van der Waals surface area contributed by atoms with Crippen LogP contribution >= 0.6 is 0 Å². The molecular weight excluding hydrogens is 200 g/mol. The molecule has 0 fully saturated rings. The minimum atomic E-state index is 0.578. The summed E-state index contributed by atoms with van der Waals surface area (Å²) in [4.78, 5) is 2.44. The van der Waals surface area contributed by atoms with Crippen molar-refractivity contribution in [2.24, 2.45) is 0 Å². The van der Waals surface area contributed by atoms with Crippen molar-refractivity contribution in [3.05, 3.63) is 17.7 Å². The second kappa shape index (κ2) is 4.24. The Bertz CT molecular complexity index is 390. The molecule has 0 spiro atoms. The zero-order valence-corrected chi connectivity index (χ0v) is 10.3. The first-order valence-electron chi connectivity index (χ1n) is 5.90. The predicted octanol–water partition coefficient (Wildman–Crippen LogP) is 2.44. The highest BCUT2D eigenvalue weighted by molar-refractivity contribution is 5.70. The number of ether oxygens (including phenoxy) is 1. The molecule has 1 aromatic rings. The van der Waals surface area contributed by atoms with E-state index in [-0.39, 0.29) is 0 Å². The molecule has 0 amide bonds. The Morgan fingerprint density at radius 2 is 2.25 bits per heavy atom. The van der Waals surface area contributed by atoms with Crippen molar-refractivity contribution < 1.29 is 4.74 Å². The molecule has 1 aliphatic heterocycles. The summed E-state index contributed by atoms with van der Waals surface area (Å²) in [5, 5.41) is 0. The van der Waals surface area contributed by atoms with Crippen LogP contribution in [0, 0.1) is 0 Å². The molecule has 3 heteroatoms. The van der Waals surface area contributed by atoms with Crippen LogP contribution < -0.4 is 15.4 Å². The molecule has 1 aliphatic rings. The number of hydrogen-bond donors (Lipinski definition) is 1. The van der Waals surface area contributed by atoms with E-state index in [9.17, 15) is 0 Å². The third-order valence-electron chi connectivity index (χ3n) is 3.49. The smallest absolute Gasteiger partial charge is 0.142 e. The molecule has 0 aliphatic carbocycles. The highest BCUT2D eigenvalue weighted by atomic mass is 16.5. The zero-order valence-electron chi connectivity index (χ0n) is 10.3. The first-order chi connectivity index (χ1) is 7.67. The Morgan fingerprint density at radius 3 is 2.88 bits per heavy atom. The summed E-state index contributed by atoms with van der Waals surface area (Å²) in [6.45, 7) is 5.57. The van der Waals surface area contributed by atoms with Crippen LogP contribution in [0.1, 0.15) is 25.8 Å². The Labute approximate surface area is 97.2 Å². The average molecular weight is 220 g/mol. The molecule has 2 N–H and O–H groups in total. The molecular formula is C13H20N2O. The van der Waals surface area contributed by atoms with E-state index >= 15 is 0 Å². The average Bonchev–Trinajstić information content (AvgIpc) is 2.69. The molecule has 0 aromatic heterocycles. The number of fused-ring (bicyclic) bond motifs is 1. The van der Waals surface area contributed by atoms with E-state index in [0.29, 0.717) is 6.04 Å². The molecule has 1 heterocycles. The molecule has 16 heavy (non-hydrogen) atoms. The molecule has 88 valence electrons. The van der Waals surface area contributed by atoms with Crippen LogP contribution in [-0.4, -0.2) is 19.7 Å². The lowest BCUT2D eigenvalue weighted by molar-refractivity contribution is 0.416. The van der Waals surface area contributed by atoms with Crippen LogP contribution in [-0.2, 0) is 6.42 Å². The van der Waals surface area contributed by atoms with Crippen molar-refractivity contribution in [3.8, 4) is 5.75 Å². The number of nitrogens with two attached hydrogens (primary N) is 1. The van der Waals surface area contributed by atoms with Crippen LogP contribution in [0.2, 0.25) is 0 Å². The second-order valence-corrected chi connectivity index (χ2v) is 4.42. The minimum absolute atomic E-state index is 0.578. The van der Waals surface area contributed by atoms with E-state index in [1.807, 2.05) is 6.07 Å². The van der Waals surface area contributed by atoms with Gasteiger partial charge < -0.3 is 15.4 Å².